The Kier molecular flexibility index (Phi) is 6.22. The highest BCUT2D eigenvalue weighted by molar-refractivity contribution is 5.81. The first-order chi connectivity index (χ1) is 15.1. The summed E-state index contributed by atoms with van der Waals surface area (Å²) < 4.78 is 1.41. The number of nitrogens with zero attached hydrogens (tertiary/aromatic N) is 3. The van der Waals surface area contributed by atoms with Crippen LogP contribution in [0.3, 0.4) is 0 Å². The largest absolute Gasteiger partial charge is 0.336 e. The van der Waals surface area contributed by atoms with E-state index in [9.17, 15) is 9.59 Å². The van der Waals surface area contributed by atoms with Gasteiger partial charge in [0.25, 0.3) is 5.56 Å². The monoisotopic (exact) mass is 411 g/mol. The van der Waals surface area contributed by atoms with E-state index in [-0.39, 0.29) is 18.0 Å². The molecule has 31 heavy (non-hydrogen) atoms. The van der Waals surface area contributed by atoms with E-state index in [1.165, 1.54) is 16.5 Å². The average Bonchev–Trinajstić information content (AvgIpc) is 2.80. The fraction of sp³-hybridized carbons (Fsp3) is 0.192. The van der Waals surface area contributed by atoms with Crippen molar-refractivity contribution in [2.45, 2.75) is 26.4 Å². The Morgan fingerprint density at radius 2 is 1.58 bits per heavy atom. The summed E-state index contributed by atoms with van der Waals surface area (Å²) in [6.45, 7) is 2.97. The van der Waals surface area contributed by atoms with Crippen LogP contribution in [0.15, 0.2) is 90.0 Å². The van der Waals surface area contributed by atoms with Gasteiger partial charge in [0, 0.05) is 13.1 Å². The molecule has 5 heteroatoms. The van der Waals surface area contributed by atoms with Gasteiger partial charge in [-0.1, -0.05) is 72.8 Å². The second kappa shape index (κ2) is 9.39. The zero-order valence-corrected chi connectivity index (χ0v) is 17.6. The van der Waals surface area contributed by atoms with Gasteiger partial charge in [-0.05, 0) is 36.1 Å². The van der Waals surface area contributed by atoms with Crippen molar-refractivity contribution in [3.8, 4) is 0 Å². The molecular weight excluding hydrogens is 386 g/mol. The van der Waals surface area contributed by atoms with Crippen LogP contribution in [0, 0.1) is 6.92 Å². The van der Waals surface area contributed by atoms with E-state index in [4.69, 9.17) is 0 Å². The first kappa shape index (κ1) is 20.5. The van der Waals surface area contributed by atoms with Gasteiger partial charge in [-0.15, -0.1) is 0 Å². The zero-order valence-electron chi connectivity index (χ0n) is 17.6. The third kappa shape index (κ3) is 4.89. The van der Waals surface area contributed by atoms with Crippen molar-refractivity contribution < 1.29 is 4.79 Å². The molecule has 0 atom stereocenters. The second-order valence-corrected chi connectivity index (χ2v) is 7.69. The third-order valence-electron chi connectivity index (χ3n) is 5.44. The number of hydrogen-bond donors (Lipinski definition) is 0. The number of amides is 1. The van der Waals surface area contributed by atoms with Crippen molar-refractivity contribution in [2.24, 2.45) is 0 Å². The van der Waals surface area contributed by atoms with Gasteiger partial charge in [-0.2, -0.15) is 0 Å². The van der Waals surface area contributed by atoms with Gasteiger partial charge in [0.15, 0.2) is 0 Å². The molecular formula is C26H25N3O2. The number of fused-ring (bicyclic) bond motifs is 1. The molecule has 0 saturated heterocycles. The molecule has 0 aliphatic rings. The molecule has 0 fully saturated rings. The van der Waals surface area contributed by atoms with Crippen LogP contribution >= 0.6 is 0 Å². The van der Waals surface area contributed by atoms with Gasteiger partial charge in [0.1, 0.15) is 6.54 Å². The fourth-order valence-corrected chi connectivity index (χ4v) is 3.70. The lowest BCUT2D eigenvalue weighted by molar-refractivity contribution is -0.132. The van der Waals surface area contributed by atoms with E-state index in [2.05, 4.69) is 17.1 Å². The van der Waals surface area contributed by atoms with Crippen molar-refractivity contribution in [1.82, 2.24) is 14.5 Å². The van der Waals surface area contributed by atoms with Crippen molar-refractivity contribution in [1.29, 1.82) is 0 Å². The Hall–Kier alpha value is -3.73. The molecule has 0 saturated carbocycles. The van der Waals surface area contributed by atoms with E-state index in [1.807, 2.05) is 72.5 Å². The molecule has 3 aromatic carbocycles. The molecule has 0 bridgehead atoms. The predicted octanol–water partition coefficient (Wildman–Crippen LogP) is 3.98. The average molecular weight is 412 g/mol. The normalized spacial score (nSPS) is 10.9. The maximum atomic E-state index is 13.2. The molecule has 5 nitrogen and oxygen atoms in total. The minimum Gasteiger partial charge on any atom is -0.336 e. The van der Waals surface area contributed by atoms with Crippen LogP contribution in [0.4, 0.5) is 0 Å². The van der Waals surface area contributed by atoms with Crippen molar-refractivity contribution in [3.05, 3.63) is 112 Å². The Labute approximate surface area is 181 Å². The van der Waals surface area contributed by atoms with Crippen LogP contribution in [0.25, 0.3) is 10.9 Å². The summed E-state index contributed by atoms with van der Waals surface area (Å²) in [4.78, 5) is 32.4. The van der Waals surface area contributed by atoms with E-state index in [0.29, 0.717) is 24.0 Å². The Morgan fingerprint density at radius 1 is 0.903 bits per heavy atom. The number of aryl methyl sites for hydroxylation is 1. The number of rotatable bonds is 7. The Bertz CT molecular complexity index is 1230. The molecule has 0 aliphatic carbocycles. The van der Waals surface area contributed by atoms with Gasteiger partial charge < -0.3 is 4.90 Å². The smallest absolute Gasteiger partial charge is 0.261 e. The summed E-state index contributed by atoms with van der Waals surface area (Å²) in [6.07, 6.45) is 2.23. The topological polar surface area (TPSA) is 55.2 Å². The van der Waals surface area contributed by atoms with Crippen LogP contribution in [0.5, 0.6) is 0 Å². The van der Waals surface area contributed by atoms with Crippen LogP contribution in [-0.4, -0.2) is 26.9 Å². The highest BCUT2D eigenvalue weighted by Crippen LogP contribution is 2.12. The first-order valence-electron chi connectivity index (χ1n) is 10.4. The first-order valence-corrected chi connectivity index (χ1v) is 10.4. The van der Waals surface area contributed by atoms with Crippen LogP contribution < -0.4 is 5.56 Å². The van der Waals surface area contributed by atoms with Crippen LogP contribution in [0.1, 0.15) is 16.7 Å². The maximum Gasteiger partial charge on any atom is 0.261 e. The van der Waals surface area contributed by atoms with Gasteiger partial charge in [-0.3, -0.25) is 14.2 Å². The number of carbonyl (C=O) groups is 1. The standard InChI is InChI=1S/C26H25N3O2/c1-20-9-8-14-23-25(20)27-19-29(26(23)31)18-24(30)28(17-22-12-6-3-7-13-22)16-15-21-10-4-2-5-11-21/h2-14,19H,15-18H2,1H3. The van der Waals surface area contributed by atoms with Crippen LogP contribution in [0.2, 0.25) is 0 Å². The van der Waals surface area contributed by atoms with Crippen molar-refractivity contribution >= 4 is 16.8 Å². The molecule has 0 spiro atoms. The van der Waals surface area contributed by atoms with Crippen molar-refractivity contribution in [3.63, 3.8) is 0 Å². The fourth-order valence-electron chi connectivity index (χ4n) is 3.70. The predicted molar refractivity (Wildman–Crippen MR) is 123 cm³/mol. The Balaban J connectivity index is 1.57. The Morgan fingerprint density at radius 3 is 2.29 bits per heavy atom. The summed E-state index contributed by atoms with van der Waals surface area (Å²) in [6, 6.07) is 25.5. The summed E-state index contributed by atoms with van der Waals surface area (Å²) in [5, 5.41) is 0.536. The molecule has 1 heterocycles. The summed E-state index contributed by atoms with van der Waals surface area (Å²) in [5.74, 6) is -0.101. The summed E-state index contributed by atoms with van der Waals surface area (Å²) >= 11 is 0. The van der Waals surface area contributed by atoms with Crippen molar-refractivity contribution in [2.75, 3.05) is 6.54 Å². The number of aromatic nitrogens is 2. The second-order valence-electron chi connectivity index (χ2n) is 7.69. The molecule has 4 rings (SSSR count). The van der Waals surface area contributed by atoms with E-state index in [1.54, 1.807) is 6.07 Å². The lowest BCUT2D eigenvalue weighted by Crippen LogP contribution is -2.37. The number of carbonyl (C=O) groups excluding carboxylic acids is 1. The number of hydrogen-bond acceptors (Lipinski definition) is 3. The van der Waals surface area contributed by atoms with Gasteiger partial charge in [-0.25, -0.2) is 4.98 Å². The quantitative estimate of drug-likeness (QED) is 0.462. The van der Waals surface area contributed by atoms with Gasteiger partial charge in [0.2, 0.25) is 5.91 Å². The van der Waals surface area contributed by atoms with Gasteiger partial charge >= 0.3 is 0 Å². The molecule has 1 amide bonds. The molecule has 4 aromatic rings. The SMILES string of the molecule is Cc1cccc2c(=O)n(CC(=O)N(CCc3ccccc3)Cc3ccccc3)cnc12. The van der Waals surface area contributed by atoms with E-state index >= 15 is 0 Å². The van der Waals surface area contributed by atoms with E-state index < -0.39 is 0 Å². The highest BCUT2D eigenvalue weighted by Gasteiger charge is 2.16. The minimum absolute atomic E-state index is 0.0304. The molecule has 1 aromatic heterocycles. The van der Waals surface area contributed by atoms with Crippen LogP contribution in [-0.2, 0) is 24.3 Å². The lowest BCUT2D eigenvalue weighted by Gasteiger charge is -2.23. The molecule has 0 N–H and O–H groups in total. The summed E-state index contributed by atoms with van der Waals surface area (Å²) in [7, 11) is 0. The highest BCUT2D eigenvalue weighted by atomic mass is 16.2. The number of para-hydroxylation sites is 1. The molecule has 156 valence electrons. The van der Waals surface area contributed by atoms with Gasteiger partial charge in [0.05, 0.1) is 17.2 Å². The minimum atomic E-state index is -0.190. The molecule has 0 aliphatic heterocycles. The lowest BCUT2D eigenvalue weighted by atomic mass is 10.1. The summed E-state index contributed by atoms with van der Waals surface area (Å²) in [5.41, 5.74) is 3.67. The third-order valence-corrected chi connectivity index (χ3v) is 5.44. The molecule has 0 radical (unpaired) electrons. The van der Waals surface area contributed by atoms with E-state index in [0.717, 1.165) is 17.5 Å². The maximum absolute atomic E-state index is 13.2. The molecule has 0 unspecified atom stereocenters. The zero-order chi connectivity index (χ0) is 21.6. The number of benzene rings is 3.